The first-order valence-corrected chi connectivity index (χ1v) is 12.9. The SMILES string of the molecule is CC(C)c1ccc(-c2csc(N(Cc3cccs3)C(=O)c3cc(Cl)c(Cl)cc3C(=O)[O-])n2)cc1.[Na+]. The van der Waals surface area contributed by atoms with Gasteiger partial charge in [-0.25, -0.2) is 4.98 Å². The minimum atomic E-state index is -1.51. The number of thiophene rings is 1. The van der Waals surface area contributed by atoms with Crippen LogP contribution in [-0.4, -0.2) is 16.9 Å². The summed E-state index contributed by atoms with van der Waals surface area (Å²) in [7, 11) is 0. The molecule has 0 radical (unpaired) electrons. The van der Waals surface area contributed by atoms with E-state index in [1.165, 1.54) is 39.2 Å². The molecular weight excluding hydrogens is 534 g/mol. The largest absolute Gasteiger partial charge is 1.00 e. The van der Waals surface area contributed by atoms with Gasteiger partial charge in [-0.05, 0) is 35.1 Å². The topological polar surface area (TPSA) is 73.3 Å². The fraction of sp³-hybridized carbons (Fsp3) is 0.160. The molecule has 2 aromatic heterocycles. The summed E-state index contributed by atoms with van der Waals surface area (Å²) in [6.07, 6.45) is 0. The van der Waals surface area contributed by atoms with Crippen LogP contribution in [-0.2, 0) is 6.54 Å². The Labute approximate surface area is 243 Å². The van der Waals surface area contributed by atoms with Gasteiger partial charge in [0, 0.05) is 21.4 Å². The zero-order valence-electron chi connectivity index (χ0n) is 19.2. The molecule has 0 bridgehead atoms. The molecule has 0 aliphatic rings. The molecular formula is C25H19Cl2N2NaO3S2. The van der Waals surface area contributed by atoms with Gasteiger partial charge < -0.3 is 9.90 Å². The van der Waals surface area contributed by atoms with Crippen LogP contribution >= 0.6 is 45.9 Å². The third-order valence-electron chi connectivity index (χ3n) is 5.25. The van der Waals surface area contributed by atoms with E-state index in [-0.39, 0.29) is 57.3 Å². The summed E-state index contributed by atoms with van der Waals surface area (Å²) in [5, 5.41) is 16.1. The number of nitrogens with zero attached hydrogens (tertiary/aromatic N) is 2. The molecule has 2 aromatic carbocycles. The predicted molar refractivity (Wildman–Crippen MR) is 137 cm³/mol. The van der Waals surface area contributed by atoms with Crippen LogP contribution in [0.1, 0.15) is 50.9 Å². The Bertz CT molecular complexity index is 1340. The van der Waals surface area contributed by atoms with Crippen molar-refractivity contribution in [2.75, 3.05) is 4.90 Å². The Morgan fingerprint density at radius 3 is 2.26 bits per heavy atom. The van der Waals surface area contributed by atoms with Gasteiger partial charge in [0.2, 0.25) is 0 Å². The number of carbonyl (C=O) groups excluding carboxylic acids is 2. The van der Waals surface area contributed by atoms with Crippen molar-refractivity contribution < 1.29 is 44.3 Å². The summed E-state index contributed by atoms with van der Waals surface area (Å²) in [5.41, 5.74) is 2.46. The van der Waals surface area contributed by atoms with E-state index < -0.39 is 11.9 Å². The Kier molecular flexibility index (Phi) is 9.57. The molecule has 4 aromatic rings. The Balaban J connectivity index is 0.00000342. The van der Waals surface area contributed by atoms with E-state index in [1.807, 2.05) is 35.0 Å². The summed E-state index contributed by atoms with van der Waals surface area (Å²) in [6.45, 7) is 4.49. The number of rotatable bonds is 7. The number of hydrogen-bond donors (Lipinski definition) is 0. The molecule has 0 spiro atoms. The first kappa shape index (κ1) is 27.9. The third kappa shape index (κ3) is 6.35. The molecule has 0 aliphatic carbocycles. The molecule has 174 valence electrons. The van der Waals surface area contributed by atoms with Gasteiger partial charge in [0.15, 0.2) is 5.13 Å². The second-order valence-electron chi connectivity index (χ2n) is 7.86. The number of carbonyl (C=O) groups is 2. The maximum Gasteiger partial charge on any atom is 1.00 e. The molecule has 0 unspecified atom stereocenters. The van der Waals surface area contributed by atoms with Crippen molar-refractivity contribution >= 4 is 62.9 Å². The normalized spacial score (nSPS) is 10.8. The standard InChI is InChI=1S/C25H20Cl2N2O3S2.Na/c1-14(2)15-5-7-16(8-6-15)22-13-34-25(28-22)29(12-17-4-3-9-33-17)23(30)18-10-20(26)21(27)11-19(18)24(31)32;/h3-11,13-14H,12H2,1-2H3,(H,31,32);/q;+1/p-1. The number of aromatic nitrogens is 1. The summed E-state index contributed by atoms with van der Waals surface area (Å²) in [5.74, 6) is -1.65. The van der Waals surface area contributed by atoms with E-state index >= 15 is 0 Å². The van der Waals surface area contributed by atoms with Crippen molar-refractivity contribution in [2.24, 2.45) is 0 Å². The molecule has 0 saturated carbocycles. The number of amides is 1. The molecule has 0 saturated heterocycles. The molecule has 35 heavy (non-hydrogen) atoms. The van der Waals surface area contributed by atoms with Crippen LogP contribution in [0.2, 0.25) is 10.0 Å². The number of benzene rings is 2. The van der Waals surface area contributed by atoms with Crippen molar-refractivity contribution in [3.8, 4) is 11.3 Å². The van der Waals surface area contributed by atoms with Crippen molar-refractivity contribution in [3.63, 3.8) is 0 Å². The van der Waals surface area contributed by atoms with Crippen LogP contribution in [0.4, 0.5) is 5.13 Å². The van der Waals surface area contributed by atoms with Crippen LogP contribution in [0.25, 0.3) is 11.3 Å². The molecule has 1 amide bonds. The van der Waals surface area contributed by atoms with Crippen LogP contribution in [0, 0.1) is 0 Å². The van der Waals surface area contributed by atoms with E-state index in [1.54, 1.807) is 0 Å². The minimum Gasteiger partial charge on any atom is -0.545 e. The maximum absolute atomic E-state index is 13.6. The molecule has 4 rings (SSSR count). The molecule has 0 N–H and O–H groups in total. The van der Waals surface area contributed by atoms with Gasteiger partial charge >= 0.3 is 29.6 Å². The molecule has 5 nitrogen and oxygen atoms in total. The molecule has 2 heterocycles. The van der Waals surface area contributed by atoms with Gasteiger partial charge in [0.25, 0.3) is 5.91 Å². The van der Waals surface area contributed by atoms with Crippen molar-refractivity contribution in [1.29, 1.82) is 0 Å². The van der Waals surface area contributed by atoms with Gasteiger partial charge in [-0.15, -0.1) is 22.7 Å². The smallest absolute Gasteiger partial charge is 0.545 e. The van der Waals surface area contributed by atoms with Crippen LogP contribution < -0.4 is 39.6 Å². The zero-order chi connectivity index (χ0) is 24.4. The van der Waals surface area contributed by atoms with E-state index in [4.69, 9.17) is 28.2 Å². The minimum absolute atomic E-state index is 0. The molecule has 0 aliphatic heterocycles. The molecule has 10 heteroatoms. The number of aromatic carboxylic acids is 1. The van der Waals surface area contributed by atoms with E-state index in [0.717, 1.165) is 22.2 Å². The van der Waals surface area contributed by atoms with Gasteiger partial charge in [-0.3, -0.25) is 9.69 Å². The first-order valence-electron chi connectivity index (χ1n) is 10.3. The summed E-state index contributed by atoms with van der Waals surface area (Å²) in [4.78, 5) is 32.4. The van der Waals surface area contributed by atoms with Crippen molar-refractivity contribution in [1.82, 2.24) is 4.98 Å². The average molecular weight is 553 g/mol. The second kappa shape index (κ2) is 12.0. The number of hydrogen-bond acceptors (Lipinski definition) is 6. The van der Waals surface area contributed by atoms with Crippen LogP contribution in [0.3, 0.4) is 0 Å². The van der Waals surface area contributed by atoms with E-state index in [0.29, 0.717) is 11.0 Å². The molecule has 0 fully saturated rings. The fourth-order valence-corrected chi connectivity index (χ4v) is 5.23. The Morgan fingerprint density at radius 2 is 1.69 bits per heavy atom. The Morgan fingerprint density at radius 1 is 1.03 bits per heavy atom. The van der Waals surface area contributed by atoms with Gasteiger partial charge in [-0.2, -0.15) is 0 Å². The summed E-state index contributed by atoms with van der Waals surface area (Å²) < 4.78 is 0. The third-order valence-corrected chi connectivity index (χ3v) is 7.69. The maximum atomic E-state index is 13.6. The summed E-state index contributed by atoms with van der Waals surface area (Å²) in [6, 6.07) is 14.3. The van der Waals surface area contributed by atoms with Crippen molar-refractivity contribution in [3.05, 3.63) is 90.9 Å². The number of thiazole rings is 1. The number of halogens is 2. The van der Waals surface area contributed by atoms with E-state index in [2.05, 4.69) is 26.0 Å². The van der Waals surface area contributed by atoms with Crippen molar-refractivity contribution in [2.45, 2.75) is 26.3 Å². The fourth-order valence-electron chi connectivity index (χ4n) is 3.38. The first-order chi connectivity index (χ1) is 16.2. The van der Waals surface area contributed by atoms with Gasteiger partial charge in [0.05, 0.1) is 33.8 Å². The Hall–Kier alpha value is -1.71. The predicted octanol–water partition coefficient (Wildman–Crippen LogP) is 3.52. The van der Waals surface area contributed by atoms with E-state index in [9.17, 15) is 14.7 Å². The quantitative estimate of drug-likeness (QED) is 0.329. The van der Waals surface area contributed by atoms with Gasteiger partial charge in [0.1, 0.15) is 0 Å². The number of carboxylic acid groups (broad SMARTS) is 1. The second-order valence-corrected chi connectivity index (χ2v) is 10.5. The van der Waals surface area contributed by atoms with Crippen LogP contribution in [0.15, 0.2) is 59.3 Å². The number of anilines is 1. The average Bonchev–Trinajstić information content (AvgIpc) is 3.51. The van der Waals surface area contributed by atoms with Gasteiger partial charge in [-0.1, -0.05) is 67.4 Å². The summed E-state index contributed by atoms with van der Waals surface area (Å²) >= 11 is 14.9. The van der Waals surface area contributed by atoms with Crippen LogP contribution in [0.5, 0.6) is 0 Å². The monoisotopic (exact) mass is 552 g/mol. The molecule has 0 atom stereocenters. The zero-order valence-corrected chi connectivity index (χ0v) is 24.4. The number of carboxylic acids is 1.